The molecule has 0 saturated carbocycles. The van der Waals surface area contributed by atoms with Gasteiger partial charge in [-0.25, -0.2) is 4.79 Å². The standard InChI is InChI=1S/C12H13F2NO4S/c13-12(14)20-9-4-2-1-3-7(9)10(17)15-8(5-6-16)11(18)19/h1-4,8,12,16H,5-6H2,(H,15,17)(H,18,19). The number of alkyl halides is 2. The number of halogens is 2. The van der Waals surface area contributed by atoms with Crippen molar-refractivity contribution in [2.24, 2.45) is 0 Å². The first-order valence-corrected chi connectivity index (χ1v) is 6.52. The third kappa shape index (κ3) is 4.78. The van der Waals surface area contributed by atoms with Crippen LogP contribution in [0.1, 0.15) is 16.8 Å². The second-order valence-corrected chi connectivity index (χ2v) is 4.78. The number of rotatable bonds is 7. The highest BCUT2D eigenvalue weighted by Crippen LogP contribution is 2.28. The number of carbonyl (C=O) groups is 2. The number of nitrogens with one attached hydrogen (secondary N) is 1. The Morgan fingerprint density at radius 1 is 1.30 bits per heavy atom. The van der Waals surface area contributed by atoms with Crippen molar-refractivity contribution >= 4 is 23.6 Å². The normalized spacial score (nSPS) is 12.2. The largest absolute Gasteiger partial charge is 0.480 e. The fourth-order valence-corrected chi connectivity index (χ4v) is 2.11. The van der Waals surface area contributed by atoms with Crippen LogP contribution < -0.4 is 5.32 Å². The molecule has 1 unspecified atom stereocenters. The summed E-state index contributed by atoms with van der Waals surface area (Å²) >= 11 is 0.211. The van der Waals surface area contributed by atoms with Crippen molar-refractivity contribution in [2.45, 2.75) is 23.1 Å². The van der Waals surface area contributed by atoms with Crippen LogP contribution in [0, 0.1) is 0 Å². The van der Waals surface area contributed by atoms with Gasteiger partial charge in [-0.2, -0.15) is 8.78 Å². The Morgan fingerprint density at radius 2 is 1.95 bits per heavy atom. The molecule has 0 heterocycles. The van der Waals surface area contributed by atoms with Gasteiger partial charge in [0.05, 0.1) is 5.56 Å². The van der Waals surface area contributed by atoms with Crippen LogP contribution in [0.15, 0.2) is 29.2 Å². The Bertz CT molecular complexity index is 484. The second-order valence-electron chi connectivity index (χ2n) is 3.75. The highest BCUT2D eigenvalue weighted by Gasteiger charge is 2.22. The van der Waals surface area contributed by atoms with Crippen molar-refractivity contribution in [3.63, 3.8) is 0 Å². The zero-order valence-electron chi connectivity index (χ0n) is 10.3. The van der Waals surface area contributed by atoms with Gasteiger partial charge in [0.1, 0.15) is 6.04 Å². The highest BCUT2D eigenvalue weighted by molar-refractivity contribution is 7.99. The maximum Gasteiger partial charge on any atom is 0.326 e. The van der Waals surface area contributed by atoms with E-state index in [1.54, 1.807) is 0 Å². The lowest BCUT2D eigenvalue weighted by Crippen LogP contribution is -2.41. The maximum atomic E-state index is 12.4. The fraction of sp³-hybridized carbons (Fsp3) is 0.333. The average molecular weight is 305 g/mol. The first-order chi connectivity index (χ1) is 9.45. The van der Waals surface area contributed by atoms with Crippen LogP contribution in [-0.2, 0) is 4.79 Å². The van der Waals surface area contributed by atoms with E-state index < -0.39 is 30.3 Å². The van der Waals surface area contributed by atoms with E-state index >= 15 is 0 Å². The molecule has 0 spiro atoms. The van der Waals surface area contributed by atoms with E-state index in [1.807, 2.05) is 0 Å². The quantitative estimate of drug-likeness (QED) is 0.666. The van der Waals surface area contributed by atoms with Crippen LogP contribution in [0.3, 0.4) is 0 Å². The predicted molar refractivity (Wildman–Crippen MR) is 68.9 cm³/mol. The predicted octanol–water partition coefficient (Wildman–Crippen LogP) is 1.57. The molecule has 5 nitrogen and oxygen atoms in total. The molecule has 1 amide bonds. The molecule has 0 radical (unpaired) electrons. The van der Waals surface area contributed by atoms with Crippen LogP contribution in [0.2, 0.25) is 0 Å². The summed E-state index contributed by atoms with van der Waals surface area (Å²) in [5.41, 5.74) is -0.0259. The summed E-state index contributed by atoms with van der Waals surface area (Å²) in [5, 5.41) is 19.8. The van der Waals surface area contributed by atoms with Gasteiger partial charge in [0.25, 0.3) is 11.7 Å². The van der Waals surface area contributed by atoms with Crippen LogP contribution >= 0.6 is 11.8 Å². The minimum absolute atomic E-state index is 0.0259. The number of carbonyl (C=O) groups excluding carboxylic acids is 1. The van der Waals surface area contributed by atoms with Gasteiger partial charge in [-0.3, -0.25) is 4.79 Å². The molecule has 1 atom stereocenters. The molecular weight excluding hydrogens is 292 g/mol. The van der Waals surface area contributed by atoms with Crippen molar-refractivity contribution in [1.82, 2.24) is 5.32 Å². The van der Waals surface area contributed by atoms with Gasteiger partial charge in [-0.15, -0.1) is 0 Å². The Kier molecular flexibility index (Phi) is 6.40. The van der Waals surface area contributed by atoms with Gasteiger partial charge >= 0.3 is 5.97 Å². The molecule has 0 fully saturated rings. The number of aliphatic hydroxyl groups excluding tert-OH is 1. The number of aliphatic carboxylic acids is 1. The molecular formula is C12H13F2NO4S. The zero-order valence-corrected chi connectivity index (χ0v) is 11.1. The van der Waals surface area contributed by atoms with Crippen LogP contribution in [0.5, 0.6) is 0 Å². The topological polar surface area (TPSA) is 86.6 Å². The number of hydrogen-bond donors (Lipinski definition) is 3. The number of carboxylic acids is 1. The molecule has 0 aliphatic rings. The van der Waals surface area contributed by atoms with Crippen molar-refractivity contribution < 1.29 is 28.6 Å². The van der Waals surface area contributed by atoms with Crippen LogP contribution in [0.25, 0.3) is 0 Å². The molecule has 3 N–H and O–H groups in total. The Hall–Kier alpha value is -1.67. The van der Waals surface area contributed by atoms with Gasteiger partial charge in [0.15, 0.2) is 0 Å². The Balaban J connectivity index is 2.88. The molecule has 1 aromatic rings. The molecule has 1 rings (SSSR count). The maximum absolute atomic E-state index is 12.4. The summed E-state index contributed by atoms with van der Waals surface area (Å²) in [6, 6.07) is 4.42. The van der Waals surface area contributed by atoms with Gasteiger partial charge < -0.3 is 15.5 Å². The van der Waals surface area contributed by atoms with E-state index in [1.165, 1.54) is 24.3 Å². The monoisotopic (exact) mass is 305 g/mol. The molecule has 110 valence electrons. The summed E-state index contributed by atoms with van der Waals surface area (Å²) in [6.45, 7) is -0.412. The number of carboxylic acid groups (broad SMARTS) is 1. The van der Waals surface area contributed by atoms with Crippen molar-refractivity contribution in [3.8, 4) is 0 Å². The van der Waals surface area contributed by atoms with Crippen LogP contribution in [-0.4, -0.2) is 40.5 Å². The van der Waals surface area contributed by atoms with Gasteiger partial charge in [0, 0.05) is 17.9 Å². The number of amides is 1. The van der Waals surface area contributed by atoms with Crippen LogP contribution in [0.4, 0.5) is 8.78 Å². The Labute approximate surface area is 118 Å². The third-order valence-electron chi connectivity index (χ3n) is 2.37. The van der Waals surface area contributed by atoms with E-state index in [9.17, 15) is 18.4 Å². The van der Waals surface area contributed by atoms with E-state index in [0.29, 0.717) is 0 Å². The van der Waals surface area contributed by atoms with Gasteiger partial charge in [-0.05, 0) is 12.1 Å². The SMILES string of the molecule is O=C(NC(CCO)C(=O)O)c1ccccc1SC(F)F. The minimum Gasteiger partial charge on any atom is -0.480 e. The summed E-state index contributed by atoms with van der Waals surface area (Å²) in [5.74, 6) is -4.75. The average Bonchev–Trinajstić information content (AvgIpc) is 2.37. The third-order valence-corrected chi connectivity index (χ3v) is 3.16. The molecule has 0 aromatic heterocycles. The smallest absolute Gasteiger partial charge is 0.326 e. The minimum atomic E-state index is -2.68. The lowest BCUT2D eigenvalue weighted by molar-refractivity contribution is -0.139. The van der Waals surface area contributed by atoms with E-state index in [4.69, 9.17) is 10.2 Å². The van der Waals surface area contributed by atoms with Gasteiger partial charge in [0.2, 0.25) is 0 Å². The second kappa shape index (κ2) is 7.81. The van der Waals surface area contributed by atoms with Crippen molar-refractivity contribution in [3.05, 3.63) is 29.8 Å². The van der Waals surface area contributed by atoms with E-state index in [-0.39, 0.29) is 28.6 Å². The number of hydrogen-bond acceptors (Lipinski definition) is 4. The summed E-state index contributed by atoms with van der Waals surface area (Å²) in [4.78, 5) is 22.9. The number of aliphatic hydroxyl groups is 1. The molecule has 0 bridgehead atoms. The van der Waals surface area contributed by atoms with E-state index in [0.717, 1.165) is 0 Å². The summed E-state index contributed by atoms with van der Waals surface area (Å²) < 4.78 is 24.8. The lowest BCUT2D eigenvalue weighted by atomic mass is 10.1. The molecule has 1 aromatic carbocycles. The number of thioether (sulfide) groups is 1. The first kappa shape index (κ1) is 16.4. The molecule has 0 saturated heterocycles. The Morgan fingerprint density at radius 3 is 2.50 bits per heavy atom. The number of benzene rings is 1. The summed E-state index contributed by atoms with van der Waals surface area (Å²) in [6.07, 6.45) is -0.161. The van der Waals surface area contributed by atoms with Crippen molar-refractivity contribution in [1.29, 1.82) is 0 Å². The summed E-state index contributed by atoms with van der Waals surface area (Å²) in [7, 11) is 0. The fourth-order valence-electron chi connectivity index (χ4n) is 1.48. The molecule has 20 heavy (non-hydrogen) atoms. The molecule has 0 aliphatic heterocycles. The van der Waals surface area contributed by atoms with E-state index in [2.05, 4.69) is 5.32 Å². The molecule has 8 heteroatoms. The van der Waals surface area contributed by atoms with Crippen molar-refractivity contribution in [2.75, 3.05) is 6.61 Å². The lowest BCUT2D eigenvalue weighted by Gasteiger charge is -2.14. The highest BCUT2D eigenvalue weighted by atomic mass is 32.2. The van der Waals surface area contributed by atoms with Gasteiger partial charge in [-0.1, -0.05) is 23.9 Å². The first-order valence-electron chi connectivity index (χ1n) is 5.64. The molecule has 0 aliphatic carbocycles. The zero-order chi connectivity index (χ0) is 15.1.